The van der Waals surface area contributed by atoms with Crippen molar-refractivity contribution in [2.75, 3.05) is 33.4 Å². The fourth-order valence-corrected chi connectivity index (χ4v) is 2.62. The van der Waals surface area contributed by atoms with E-state index in [2.05, 4.69) is 6.92 Å². The van der Waals surface area contributed by atoms with Gasteiger partial charge < -0.3 is 19.1 Å². The third kappa shape index (κ3) is 7.08. The maximum atomic E-state index is 12.8. The van der Waals surface area contributed by atoms with E-state index in [9.17, 15) is 9.59 Å². The first-order chi connectivity index (χ1) is 11.9. The highest BCUT2D eigenvalue weighted by Gasteiger charge is 2.24. The summed E-state index contributed by atoms with van der Waals surface area (Å²) in [5.74, 6) is -0.297. The highest BCUT2D eigenvalue weighted by atomic mass is 35.5. The molecule has 0 radical (unpaired) electrons. The van der Waals surface area contributed by atoms with E-state index in [-0.39, 0.29) is 18.4 Å². The number of nitrogens with zero attached hydrogens (tertiary/aromatic N) is 3. The number of carbonyl (C=O) groups excluding carboxylic acids is 2. The second kappa shape index (κ2) is 11.2. The van der Waals surface area contributed by atoms with Crippen LogP contribution in [0.2, 0.25) is 0 Å². The summed E-state index contributed by atoms with van der Waals surface area (Å²) >= 11 is 5.94. The molecular formula is C18H30ClN3O3. The number of aromatic nitrogens is 1. The van der Waals surface area contributed by atoms with Crippen LogP contribution in [0.15, 0.2) is 18.3 Å². The molecule has 1 aromatic heterocycles. The number of ether oxygens (including phenoxy) is 1. The number of alkyl halides is 1. The van der Waals surface area contributed by atoms with Crippen LogP contribution in [0.5, 0.6) is 0 Å². The molecule has 0 saturated heterocycles. The molecule has 0 saturated carbocycles. The first kappa shape index (κ1) is 21.5. The van der Waals surface area contributed by atoms with Crippen LogP contribution < -0.4 is 0 Å². The van der Waals surface area contributed by atoms with E-state index in [0.717, 1.165) is 18.5 Å². The van der Waals surface area contributed by atoms with Gasteiger partial charge in [0.25, 0.3) is 0 Å². The van der Waals surface area contributed by atoms with Gasteiger partial charge in [-0.3, -0.25) is 9.59 Å². The Morgan fingerprint density at radius 1 is 1.32 bits per heavy atom. The molecule has 0 N–H and O–H groups in total. The molecule has 0 aliphatic rings. The molecule has 0 aliphatic heterocycles. The van der Waals surface area contributed by atoms with E-state index < -0.39 is 5.38 Å². The van der Waals surface area contributed by atoms with Gasteiger partial charge in [-0.1, -0.05) is 13.3 Å². The molecule has 2 amide bonds. The summed E-state index contributed by atoms with van der Waals surface area (Å²) < 4.78 is 7.11. The average Bonchev–Trinajstić information content (AvgIpc) is 2.99. The van der Waals surface area contributed by atoms with E-state index in [1.54, 1.807) is 23.8 Å². The van der Waals surface area contributed by atoms with Gasteiger partial charge >= 0.3 is 0 Å². The van der Waals surface area contributed by atoms with E-state index in [1.807, 2.05) is 29.9 Å². The van der Waals surface area contributed by atoms with Gasteiger partial charge in [-0.15, -0.1) is 11.6 Å². The normalized spacial score (nSPS) is 12.0. The van der Waals surface area contributed by atoms with Crippen LogP contribution in [0, 0.1) is 0 Å². The summed E-state index contributed by atoms with van der Waals surface area (Å²) in [4.78, 5) is 28.4. The van der Waals surface area contributed by atoms with Crippen molar-refractivity contribution in [1.82, 2.24) is 14.4 Å². The predicted octanol–water partition coefficient (Wildman–Crippen LogP) is 2.26. The number of hydrogen-bond acceptors (Lipinski definition) is 3. The fraction of sp³-hybridized carbons (Fsp3) is 0.667. The van der Waals surface area contributed by atoms with Crippen molar-refractivity contribution in [3.8, 4) is 0 Å². The van der Waals surface area contributed by atoms with Crippen molar-refractivity contribution in [3.05, 3.63) is 24.0 Å². The van der Waals surface area contributed by atoms with E-state index in [1.165, 1.54) is 0 Å². The SMILES string of the molecule is CCCCN(CC(=O)N(CCOC)Cc1cccn1C)C(=O)[C@H](C)Cl. The number of hydrogen-bond donors (Lipinski definition) is 0. The molecule has 0 aromatic carbocycles. The monoisotopic (exact) mass is 371 g/mol. The Morgan fingerprint density at radius 2 is 2.04 bits per heavy atom. The number of carbonyl (C=O) groups is 2. The van der Waals surface area contributed by atoms with Gasteiger partial charge in [0, 0.05) is 39.1 Å². The molecule has 25 heavy (non-hydrogen) atoms. The van der Waals surface area contributed by atoms with Crippen molar-refractivity contribution in [3.63, 3.8) is 0 Å². The molecule has 1 aromatic rings. The molecule has 6 nitrogen and oxygen atoms in total. The molecule has 0 fully saturated rings. The Hall–Kier alpha value is -1.53. The molecule has 1 heterocycles. The third-order valence-corrected chi connectivity index (χ3v) is 4.27. The molecule has 0 spiro atoms. The second-order valence-corrected chi connectivity index (χ2v) is 6.80. The molecule has 0 aliphatic carbocycles. The smallest absolute Gasteiger partial charge is 0.242 e. The first-order valence-corrected chi connectivity index (χ1v) is 9.14. The Balaban J connectivity index is 2.82. The number of amides is 2. The number of halogens is 1. The van der Waals surface area contributed by atoms with Gasteiger partial charge in [-0.25, -0.2) is 0 Å². The molecule has 0 bridgehead atoms. The van der Waals surface area contributed by atoms with Gasteiger partial charge in [0.15, 0.2) is 0 Å². The maximum absolute atomic E-state index is 12.8. The number of unbranched alkanes of at least 4 members (excludes halogenated alkanes) is 1. The zero-order valence-corrected chi connectivity index (χ0v) is 16.5. The van der Waals surface area contributed by atoms with Gasteiger partial charge in [0.05, 0.1) is 19.7 Å². The summed E-state index contributed by atoms with van der Waals surface area (Å²) in [6, 6.07) is 3.93. The van der Waals surface area contributed by atoms with Crippen LogP contribution in [0.3, 0.4) is 0 Å². The van der Waals surface area contributed by atoms with E-state index in [0.29, 0.717) is 26.2 Å². The van der Waals surface area contributed by atoms with Crippen molar-refractivity contribution < 1.29 is 14.3 Å². The van der Waals surface area contributed by atoms with Crippen molar-refractivity contribution in [1.29, 1.82) is 0 Å². The summed E-state index contributed by atoms with van der Waals surface area (Å²) in [5.41, 5.74) is 1.03. The summed E-state index contributed by atoms with van der Waals surface area (Å²) in [6.07, 6.45) is 3.74. The van der Waals surface area contributed by atoms with Gasteiger partial charge in [0.2, 0.25) is 11.8 Å². The molecule has 1 rings (SSSR count). The lowest BCUT2D eigenvalue weighted by molar-refractivity contribution is -0.141. The topological polar surface area (TPSA) is 54.8 Å². The van der Waals surface area contributed by atoms with Crippen LogP contribution in [0.4, 0.5) is 0 Å². The molecular weight excluding hydrogens is 342 g/mol. The summed E-state index contributed by atoms with van der Waals surface area (Å²) in [5, 5.41) is -0.634. The number of methoxy groups -OCH3 is 1. The lowest BCUT2D eigenvalue weighted by Gasteiger charge is -2.28. The molecule has 0 unspecified atom stereocenters. The largest absolute Gasteiger partial charge is 0.383 e. The van der Waals surface area contributed by atoms with Crippen molar-refractivity contribution >= 4 is 23.4 Å². The van der Waals surface area contributed by atoms with Crippen LogP contribution >= 0.6 is 11.6 Å². The van der Waals surface area contributed by atoms with Crippen LogP contribution in [-0.4, -0.2) is 64.9 Å². The minimum atomic E-state index is -0.634. The lowest BCUT2D eigenvalue weighted by atomic mass is 10.2. The first-order valence-electron chi connectivity index (χ1n) is 8.70. The van der Waals surface area contributed by atoms with Crippen LogP contribution in [0.25, 0.3) is 0 Å². The van der Waals surface area contributed by atoms with Gasteiger partial charge in [-0.2, -0.15) is 0 Å². The highest BCUT2D eigenvalue weighted by Crippen LogP contribution is 2.09. The van der Waals surface area contributed by atoms with Crippen molar-refractivity contribution in [2.45, 2.75) is 38.6 Å². The van der Waals surface area contributed by atoms with E-state index >= 15 is 0 Å². The molecule has 7 heteroatoms. The maximum Gasteiger partial charge on any atom is 0.242 e. The minimum absolute atomic E-state index is 0.0457. The predicted molar refractivity (Wildman–Crippen MR) is 99.5 cm³/mol. The zero-order valence-electron chi connectivity index (χ0n) is 15.7. The van der Waals surface area contributed by atoms with E-state index in [4.69, 9.17) is 16.3 Å². The Labute approximate surface area is 155 Å². The van der Waals surface area contributed by atoms with Gasteiger partial charge in [-0.05, 0) is 25.5 Å². The van der Waals surface area contributed by atoms with Gasteiger partial charge in [0.1, 0.15) is 5.38 Å². The van der Waals surface area contributed by atoms with Crippen LogP contribution in [-0.2, 0) is 27.9 Å². The molecule has 142 valence electrons. The summed E-state index contributed by atoms with van der Waals surface area (Å²) in [7, 11) is 3.55. The summed E-state index contributed by atoms with van der Waals surface area (Å²) in [6.45, 7) is 5.69. The highest BCUT2D eigenvalue weighted by molar-refractivity contribution is 6.30. The molecule has 1 atom stereocenters. The lowest BCUT2D eigenvalue weighted by Crippen LogP contribution is -2.46. The van der Waals surface area contributed by atoms with Crippen LogP contribution in [0.1, 0.15) is 32.4 Å². The Morgan fingerprint density at radius 3 is 2.56 bits per heavy atom. The Bertz CT molecular complexity index is 545. The number of aryl methyl sites for hydroxylation is 1. The standard InChI is InChI=1S/C18H30ClN3O3/c1-5-6-10-22(18(24)15(2)19)14-17(23)21(11-12-25-4)13-16-8-7-9-20(16)3/h7-9,15H,5-6,10-14H2,1-4H3/t15-/m0/s1. The zero-order chi connectivity index (χ0) is 18.8. The Kier molecular flexibility index (Phi) is 9.60. The minimum Gasteiger partial charge on any atom is -0.383 e. The fourth-order valence-electron chi connectivity index (χ4n) is 2.48. The number of rotatable bonds is 11. The third-order valence-electron chi connectivity index (χ3n) is 4.08. The van der Waals surface area contributed by atoms with Crippen molar-refractivity contribution in [2.24, 2.45) is 7.05 Å². The average molecular weight is 372 g/mol. The second-order valence-electron chi connectivity index (χ2n) is 6.15. The quantitative estimate of drug-likeness (QED) is 0.561.